The number of halogens is 1. The molecule has 0 bridgehead atoms. The first-order valence-electron chi connectivity index (χ1n) is 5.63. The number of aromatic amines is 1. The molecule has 0 spiro atoms. The van der Waals surface area contributed by atoms with E-state index in [0.29, 0.717) is 30.5 Å². The Kier molecular flexibility index (Phi) is 2.98. The van der Waals surface area contributed by atoms with Gasteiger partial charge >= 0.3 is 0 Å². The molecule has 6 heteroatoms. The van der Waals surface area contributed by atoms with Crippen LogP contribution in [-0.2, 0) is 6.54 Å². The third kappa shape index (κ3) is 2.22. The first-order chi connectivity index (χ1) is 8.83. The van der Waals surface area contributed by atoms with Crippen molar-refractivity contribution in [1.82, 2.24) is 9.97 Å². The predicted molar refractivity (Wildman–Crippen MR) is 68.4 cm³/mol. The van der Waals surface area contributed by atoms with E-state index in [1.165, 1.54) is 0 Å². The molecule has 0 saturated heterocycles. The molecule has 1 aliphatic heterocycles. The number of hydrogen-bond donors (Lipinski definition) is 2. The highest BCUT2D eigenvalue weighted by molar-refractivity contribution is 6.33. The number of nitrogens with one attached hydrogen (secondary N) is 2. The summed E-state index contributed by atoms with van der Waals surface area (Å²) in [5.74, 6) is 1.41. The van der Waals surface area contributed by atoms with Crippen molar-refractivity contribution >= 4 is 17.3 Å². The molecular formula is C12H12ClN3O2. The first-order valence-corrected chi connectivity index (χ1v) is 6.01. The molecule has 2 heterocycles. The Balaban J connectivity index is 1.79. The van der Waals surface area contributed by atoms with Crippen molar-refractivity contribution in [1.29, 1.82) is 0 Å². The van der Waals surface area contributed by atoms with E-state index in [0.717, 1.165) is 17.1 Å². The zero-order valence-corrected chi connectivity index (χ0v) is 10.3. The average molecular weight is 266 g/mol. The number of hydrogen-bond acceptors (Lipinski definition) is 4. The summed E-state index contributed by atoms with van der Waals surface area (Å²) in [6.45, 7) is 1.75. The maximum absolute atomic E-state index is 6.18. The summed E-state index contributed by atoms with van der Waals surface area (Å²) in [7, 11) is 0. The zero-order valence-electron chi connectivity index (χ0n) is 9.57. The van der Waals surface area contributed by atoms with Crippen molar-refractivity contribution in [2.75, 3.05) is 18.5 Å². The van der Waals surface area contributed by atoms with Crippen LogP contribution in [0.15, 0.2) is 24.7 Å². The molecule has 0 saturated carbocycles. The largest absolute Gasteiger partial charge is 0.486 e. The van der Waals surface area contributed by atoms with Gasteiger partial charge in [-0.05, 0) is 0 Å². The number of ether oxygens (including phenoxy) is 2. The maximum Gasteiger partial charge on any atom is 0.163 e. The van der Waals surface area contributed by atoms with Crippen molar-refractivity contribution in [3.8, 4) is 11.5 Å². The van der Waals surface area contributed by atoms with Crippen molar-refractivity contribution in [2.24, 2.45) is 0 Å². The Labute approximate surface area is 109 Å². The molecule has 1 aromatic carbocycles. The minimum absolute atomic E-state index is 0.560. The van der Waals surface area contributed by atoms with E-state index in [9.17, 15) is 0 Å². The van der Waals surface area contributed by atoms with E-state index in [4.69, 9.17) is 21.1 Å². The number of nitrogens with zero attached hydrogens (tertiary/aromatic N) is 1. The van der Waals surface area contributed by atoms with Crippen LogP contribution in [0, 0.1) is 0 Å². The second-order valence-corrected chi connectivity index (χ2v) is 4.31. The molecule has 0 radical (unpaired) electrons. The molecule has 94 valence electrons. The molecule has 1 aliphatic rings. The molecule has 0 fully saturated rings. The van der Waals surface area contributed by atoms with Gasteiger partial charge in [0.2, 0.25) is 0 Å². The maximum atomic E-state index is 6.18. The monoisotopic (exact) mass is 265 g/mol. The number of rotatable bonds is 3. The van der Waals surface area contributed by atoms with Crippen LogP contribution in [0.1, 0.15) is 5.69 Å². The molecule has 1 aromatic heterocycles. The zero-order chi connectivity index (χ0) is 12.4. The van der Waals surface area contributed by atoms with Gasteiger partial charge in [0.05, 0.1) is 29.3 Å². The van der Waals surface area contributed by atoms with Crippen LogP contribution < -0.4 is 14.8 Å². The summed E-state index contributed by atoms with van der Waals surface area (Å²) in [6, 6.07) is 3.62. The summed E-state index contributed by atoms with van der Waals surface area (Å²) in [5, 5.41) is 3.84. The molecule has 0 aliphatic carbocycles. The fourth-order valence-electron chi connectivity index (χ4n) is 1.77. The molecule has 3 rings (SSSR count). The fraction of sp³-hybridized carbons (Fsp3) is 0.250. The van der Waals surface area contributed by atoms with Crippen molar-refractivity contribution in [3.63, 3.8) is 0 Å². The number of anilines is 1. The fourth-order valence-corrected chi connectivity index (χ4v) is 1.99. The Hall–Kier alpha value is -1.88. The minimum atomic E-state index is 0.560. The van der Waals surface area contributed by atoms with Crippen molar-refractivity contribution in [2.45, 2.75) is 6.54 Å². The van der Waals surface area contributed by atoms with Gasteiger partial charge in [-0.25, -0.2) is 4.98 Å². The Bertz CT molecular complexity index is 543. The van der Waals surface area contributed by atoms with E-state index in [1.807, 2.05) is 6.07 Å². The van der Waals surface area contributed by atoms with E-state index in [2.05, 4.69) is 15.3 Å². The third-order valence-corrected chi connectivity index (χ3v) is 2.97. The van der Waals surface area contributed by atoms with Gasteiger partial charge in [-0.15, -0.1) is 0 Å². The van der Waals surface area contributed by atoms with Crippen LogP contribution in [-0.4, -0.2) is 23.2 Å². The van der Waals surface area contributed by atoms with Gasteiger partial charge < -0.3 is 19.8 Å². The van der Waals surface area contributed by atoms with Crippen LogP contribution in [0.25, 0.3) is 0 Å². The highest BCUT2D eigenvalue weighted by atomic mass is 35.5. The van der Waals surface area contributed by atoms with Crippen LogP contribution in [0.2, 0.25) is 5.02 Å². The third-order valence-electron chi connectivity index (χ3n) is 2.66. The van der Waals surface area contributed by atoms with Gasteiger partial charge in [-0.3, -0.25) is 0 Å². The average Bonchev–Trinajstić information content (AvgIpc) is 2.89. The topological polar surface area (TPSA) is 59.2 Å². The SMILES string of the molecule is Clc1cc2c(cc1NCc1cnc[nH]1)OCCO2. The van der Waals surface area contributed by atoms with E-state index in [-0.39, 0.29) is 0 Å². The van der Waals surface area contributed by atoms with Gasteiger partial charge in [0.25, 0.3) is 0 Å². The standard InChI is InChI=1S/C12H12ClN3O2/c13-9-3-11-12(18-2-1-17-11)4-10(9)15-6-8-5-14-7-16-8/h3-5,7,15H,1-2,6H2,(H,14,16). The first kappa shape index (κ1) is 11.2. The predicted octanol–water partition coefficient (Wildman–Crippen LogP) is 2.45. The van der Waals surface area contributed by atoms with Gasteiger partial charge in [0.1, 0.15) is 13.2 Å². The lowest BCUT2D eigenvalue weighted by molar-refractivity contribution is 0.171. The highest BCUT2D eigenvalue weighted by Crippen LogP contribution is 2.37. The van der Waals surface area contributed by atoms with Crippen LogP contribution >= 0.6 is 11.6 Å². The number of fused-ring (bicyclic) bond motifs is 1. The molecule has 0 amide bonds. The van der Waals surface area contributed by atoms with Crippen LogP contribution in [0.5, 0.6) is 11.5 Å². The van der Waals surface area contributed by atoms with Gasteiger partial charge in [-0.1, -0.05) is 11.6 Å². The van der Waals surface area contributed by atoms with Gasteiger partial charge in [0.15, 0.2) is 11.5 Å². The summed E-state index contributed by atoms with van der Waals surface area (Å²) < 4.78 is 11.0. The number of imidazole rings is 1. The molecule has 5 nitrogen and oxygen atoms in total. The molecular weight excluding hydrogens is 254 g/mol. The molecule has 0 atom stereocenters. The quantitative estimate of drug-likeness (QED) is 0.895. The Morgan fingerprint density at radius 2 is 2.06 bits per heavy atom. The van der Waals surface area contributed by atoms with E-state index in [1.54, 1.807) is 18.6 Å². The molecule has 18 heavy (non-hydrogen) atoms. The summed E-state index contributed by atoms with van der Waals surface area (Å²) in [4.78, 5) is 6.97. The number of aromatic nitrogens is 2. The second-order valence-electron chi connectivity index (χ2n) is 3.91. The normalized spacial score (nSPS) is 13.4. The van der Waals surface area contributed by atoms with E-state index >= 15 is 0 Å². The summed E-state index contributed by atoms with van der Waals surface area (Å²) >= 11 is 6.18. The smallest absolute Gasteiger partial charge is 0.163 e. The molecule has 2 aromatic rings. The van der Waals surface area contributed by atoms with Gasteiger partial charge in [0, 0.05) is 18.3 Å². The van der Waals surface area contributed by atoms with Gasteiger partial charge in [-0.2, -0.15) is 0 Å². The lowest BCUT2D eigenvalue weighted by Crippen LogP contribution is -2.15. The van der Waals surface area contributed by atoms with Crippen molar-refractivity contribution < 1.29 is 9.47 Å². The van der Waals surface area contributed by atoms with Crippen molar-refractivity contribution in [3.05, 3.63) is 35.4 Å². The molecule has 2 N–H and O–H groups in total. The Morgan fingerprint density at radius 1 is 1.28 bits per heavy atom. The number of H-pyrrole nitrogens is 1. The Morgan fingerprint density at radius 3 is 2.78 bits per heavy atom. The second kappa shape index (κ2) is 4.78. The minimum Gasteiger partial charge on any atom is -0.486 e. The molecule has 0 unspecified atom stereocenters. The lowest BCUT2D eigenvalue weighted by atomic mass is 10.2. The van der Waals surface area contributed by atoms with E-state index < -0.39 is 0 Å². The van der Waals surface area contributed by atoms with Crippen LogP contribution in [0.3, 0.4) is 0 Å². The lowest BCUT2D eigenvalue weighted by Gasteiger charge is -2.20. The summed E-state index contributed by atoms with van der Waals surface area (Å²) in [6.07, 6.45) is 3.40. The van der Waals surface area contributed by atoms with Crippen LogP contribution in [0.4, 0.5) is 5.69 Å². The highest BCUT2D eigenvalue weighted by Gasteiger charge is 2.14. The number of benzene rings is 1. The summed E-state index contributed by atoms with van der Waals surface area (Å²) in [5.41, 5.74) is 1.80.